The molecule has 21 N–H and O–H groups in total. The first kappa shape index (κ1) is 90.1. The number of rotatable bonds is 54. The van der Waals surface area contributed by atoms with Crippen molar-refractivity contribution in [2.24, 2.45) is 41.4 Å². The number of ether oxygens (including phenoxy) is 9. The zero-order valence-electron chi connectivity index (χ0n) is 62.3. The Labute approximate surface area is 631 Å². The number of nitrogens with two attached hydrogens (primary N) is 1. The second kappa shape index (κ2) is 44.4. The van der Waals surface area contributed by atoms with Crippen molar-refractivity contribution in [3.05, 3.63) is 0 Å². The van der Waals surface area contributed by atoms with Crippen molar-refractivity contribution < 1.29 is 141 Å². The number of carbonyl (C=O) groups excluding carboxylic acids is 10. The van der Waals surface area contributed by atoms with Gasteiger partial charge in [0.2, 0.25) is 59.1 Å². The molecule has 40 nitrogen and oxygen atoms in total. The third-order valence-corrected chi connectivity index (χ3v) is 21.0. The summed E-state index contributed by atoms with van der Waals surface area (Å²) in [6.07, 6.45) is -8.77. The van der Waals surface area contributed by atoms with Gasteiger partial charge >= 0.3 is 0 Å². The molecule has 7 aliphatic rings. The molecule has 0 aromatic carbocycles. The van der Waals surface area contributed by atoms with Gasteiger partial charge in [-0.3, -0.25) is 52.8 Å². The summed E-state index contributed by atoms with van der Waals surface area (Å²) in [7, 11) is 0. The van der Waals surface area contributed by atoms with E-state index in [-0.39, 0.29) is 204 Å². The Kier molecular flexibility index (Phi) is 36.7. The largest absolute Gasteiger partial charge is 0.396 e. The molecule has 10 amide bonds. The van der Waals surface area contributed by atoms with Crippen LogP contribution in [0.5, 0.6) is 0 Å². The number of hydrogen-bond donors (Lipinski definition) is 20. The highest BCUT2D eigenvalue weighted by molar-refractivity contribution is 5.80. The van der Waals surface area contributed by atoms with Crippen LogP contribution in [0.3, 0.4) is 0 Å². The second-order valence-electron chi connectivity index (χ2n) is 29.0. The van der Waals surface area contributed by atoms with Crippen molar-refractivity contribution in [1.29, 1.82) is 0 Å². The molecule has 21 atom stereocenters. The quantitative estimate of drug-likeness (QED) is 0.0199. The normalized spacial score (nSPS) is 31.3. The Hall–Kier alpha value is -6.10. The van der Waals surface area contributed by atoms with E-state index >= 15 is 0 Å². The van der Waals surface area contributed by atoms with Gasteiger partial charge in [-0.05, 0) is 57.8 Å². The Morgan fingerprint density at radius 3 is 1.12 bits per heavy atom. The van der Waals surface area contributed by atoms with Crippen molar-refractivity contribution in [1.82, 2.24) is 53.2 Å². The molecule has 3 aliphatic heterocycles. The monoisotopic (exact) mass is 1560 g/mol. The number of amides is 10. The van der Waals surface area contributed by atoms with Crippen LogP contribution in [-0.4, -0.2) is 327 Å². The summed E-state index contributed by atoms with van der Waals surface area (Å²) in [5.41, 5.74) is -3.57. The molecule has 0 spiro atoms. The van der Waals surface area contributed by atoms with Crippen LogP contribution in [0.1, 0.15) is 117 Å². The molecule has 4 aliphatic carbocycles. The minimum atomic E-state index is -1.50. The first-order valence-electron chi connectivity index (χ1n) is 37.8. The van der Waals surface area contributed by atoms with Gasteiger partial charge in [-0.15, -0.1) is 0 Å². The highest BCUT2D eigenvalue weighted by atomic mass is 16.7. The van der Waals surface area contributed by atoms with Crippen molar-refractivity contribution in [3.63, 3.8) is 0 Å². The number of fused-ring (bicyclic) bond motifs is 8. The molecule has 3 saturated heterocycles. The summed E-state index contributed by atoms with van der Waals surface area (Å²) >= 11 is 0. The van der Waals surface area contributed by atoms with Gasteiger partial charge in [0.05, 0.1) is 82.9 Å². The van der Waals surface area contributed by atoms with Gasteiger partial charge in [0.15, 0.2) is 18.9 Å². The third kappa shape index (κ3) is 24.0. The van der Waals surface area contributed by atoms with Gasteiger partial charge in [-0.2, -0.15) is 0 Å². The molecule has 0 aromatic rings. The van der Waals surface area contributed by atoms with E-state index in [1.807, 2.05) is 0 Å². The lowest BCUT2D eigenvalue weighted by molar-refractivity contribution is -0.406. The maximum atomic E-state index is 13.1. The topological polar surface area (TPSA) is 591 Å². The standard InChI is InChI=1S/C69H117N11O29/c1-38(84)77-55-61(99)58(96)43(33-83)107-64(55)103-25-7-4-13-44(87)71-19-10-22-74-47(90)16-28-100-35-67(80-50(93)34-106-70,36-101-29-17-48(91)75-23-11-20-72-45(88)14-5-8-26-104-65-68(78-39(2)85)53-51(62(68)108-65)41(31-81)56(94)59(53)97)37-102-30-18-49(92)76-24-12-21-73-46(89)15-6-9-27-105-66-69(79-40(3)86)54-52(63(69)109-66)42(32-82)57(95)60(54)98/h41-43,51-66,81-83,94-99H,4-37,70H2,1-3H3,(H,71,87)(H,72,88)(H,73,89)(H,74,90)(H,75,91)(H,76,92)(H,77,84)(H,78,85)(H,79,86)(H,80,93)/t41?,42?,43?,51?,52?,53?,54?,55?,56-,57-,58-,59?,60?,61?,62?,63?,64+,65+,66+,67?,68?,69?/m0/s1. The van der Waals surface area contributed by atoms with E-state index in [1.54, 1.807) is 0 Å². The summed E-state index contributed by atoms with van der Waals surface area (Å²) < 4.78 is 52.8. The summed E-state index contributed by atoms with van der Waals surface area (Å²) in [6, 6.07) is -1.09. The zero-order chi connectivity index (χ0) is 79.4. The molecule has 0 radical (unpaired) electrons. The highest BCUT2D eigenvalue weighted by Gasteiger charge is 2.83. The Morgan fingerprint density at radius 1 is 0.413 bits per heavy atom. The average molecular weight is 1560 g/mol. The lowest BCUT2D eigenvalue weighted by atomic mass is 9.52. The minimum absolute atomic E-state index is 0.0784. The van der Waals surface area contributed by atoms with Gasteiger partial charge in [-0.25, -0.2) is 5.90 Å². The van der Waals surface area contributed by atoms with E-state index in [0.717, 1.165) is 0 Å². The third-order valence-electron chi connectivity index (χ3n) is 21.0. The maximum Gasteiger partial charge on any atom is 0.248 e. The van der Waals surface area contributed by atoms with Crippen LogP contribution < -0.4 is 59.1 Å². The molecule has 7 rings (SSSR count). The van der Waals surface area contributed by atoms with E-state index in [4.69, 9.17) is 48.5 Å². The van der Waals surface area contributed by atoms with Crippen LogP contribution in [0.2, 0.25) is 0 Å². The first-order valence-corrected chi connectivity index (χ1v) is 37.8. The summed E-state index contributed by atoms with van der Waals surface area (Å²) in [5.74, 6) is -1.55. The summed E-state index contributed by atoms with van der Waals surface area (Å²) in [5, 5.41) is 120. The molecule has 0 aromatic heterocycles. The molecule has 622 valence electrons. The summed E-state index contributed by atoms with van der Waals surface area (Å²) in [4.78, 5) is 130. The second-order valence-corrected chi connectivity index (χ2v) is 29.0. The van der Waals surface area contributed by atoms with Crippen LogP contribution in [0.25, 0.3) is 0 Å². The summed E-state index contributed by atoms with van der Waals surface area (Å²) in [6.45, 7) is 2.50. The molecule has 0 bridgehead atoms. The fraction of sp³-hybridized carbons (Fsp3) is 0.855. The van der Waals surface area contributed by atoms with Crippen LogP contribution in [0.4, 0.5) is 0 Å². The van der Waals surface area contributed by atoms with E-state index in [0.29, 0.717) is 57.8 Å². The van der Waals surface area contributed by atoms with Gasteiger partial charge in [0, 0.05) is 167 Å². The van der Waals surface area contributed by atoms with Crippen molar-refractivity contribution in [2.75, 3.05) is 125 Å². The zero-order valence-corrected chi connectivity index (χ0v) is 62.3. The molecular formula is C69H117N11O29. The molecule has 15 unspecified atom stereocenters. The molecule has 4 saturated carbocycles. The fourth-order valence-electron chi connectivity index (χ4n) is 15.8. The first-order chi connectivity index (χ1) is 52.2. The van der Waals surface area contributed by atoms with E-state index in [1.165, 1.54) is 20.8 Å². The SMILES string of the molecule is CC(=O)NC1C(O)[C@@H](O)C(CO)O[C@H]1OCCCCC(=O)NCCCNC(=O)CCOCC(COCCC(=O)NCCCNC(=O)CCCCO[C@@H]1OC2C3C(CO)[C@H](O)C(O)C3C21NC(C)=O)(COCCC(=O)NCCCNC(=O)CCCCO[C@@H]1OC2C3C(CO)[C@H](O)C(O)C3C21NC(C)=O)NC(=O)CON. The van der Waals surface area contributed by atoms with Gasteiger partial charge in [0.25, 0.3) is 0 Å². The molecule has 7 fully saturated rings. The van der Waals surface area contributed by atoms with Gasteiger partial charge in [-0.1, -0.05) is 0 Å². The Bertz CT molecular complexity index is 2830. The number of unbranched alkanes of at least 4 members (excludes halogenated alkanes) is 3. The smallest absolute Gasteiger partial charge is 0.248 e. The lowest BCUT2D eigenvalue weighted by Gasteiger charge is -2.69. The molecule has 40 heteroatoms. The van der Waals surface area contributed by atoms with E-state index in [2.05, 4.69) is 58.0 Å². The fourth-order valence-corrected chi connectivity index (χ4v) is 15.8. The molecule has 109 heavy (non-hydrogen) atoms. The number of hydrogen-bond acceptors (Lipinski definition) is 30. The van der Waals surface area contributed by atoms with Crippen molar-refractivity contribution in [3.8, 4) is 0 Å². The maximum absolute atomic E-state index is 13.1. The van der Waals surface area contributed by atoms with Gasteiger partial charge in [0.1, 0.15) is 47.6 Å². The highest BCUT2D eigenvalue weighted by Crippen LogP contribution is 2.66. The minimum Gasteiger partial charge on any atom is -0.396 e. The number of carbonyl (C=O) groups is 10. The molecular weight excluding hydrogens is 1450 g/mol. The number of nitrogens with one attached hydrogen (secondary N) is 10. The number of aliphatic hydroxyl groups is 9. The van der Waals surface area contributed by atoms with Crippen LogP contribution >= 0.6 is 0 Å². The number of aliphatic hydroxyl groups excluding tert-OH is 9. The van der Waals surface area contributed by atoms with E-state index < -0.39 is 151 Å². The van der Waals surface area contributed by atoms with Gasteiger partial charge < -0.3 is 142 Å². The Balaban J connectivity index is 0.778. The predicted octanol–water partition coefficient (Wildman–Crippen LogP) is -8.30. The average Bonchev–Trinajstić information content (AvgIpc) is 1.57. The lowest BCUT2D eigenvalue weighted by Crippen LogP contribution is -2.88. The predicted molar refractivity (Wildman–Crippen MR) is 374 cm³/mol. The van der Waals surface area contributed by atoms with Crippen molar-refractivity contribution in [2.45, 2.75) is 214 Å². The van der Waals surface area contributed by atoms with Crippen molar-refractivity contribution >= 4 is 59.1 Å². The van der Waals surface area contributed by atoms with Crippen LogP contribution in [0, 0.1) is 35.5 Å². The van der Waals surface area contributed by atoms with Crippen LogP contribution in [0.15, 0.2) is 0 Å². The Morgan fingerprint density at radius 2 is 0.780 bits per heavy atom. The molecule has 3 heterocycles. The van der Waals surface area contributed by atoms with E-state index in [9.17, 15) is 93.9 Å². The van der Waals surface area contributed by atoms with Crippen LogP contribution in [-0.2, 0) is 95.4 Å².